The molecule has 0 saturated carbocycles. The molecule has 0 atom stereocenters. The Balaban J connectivity index is 2.66. The van der Waals surface area contributed by atoms with Crippen LogP contribution in [-0.4, -0.2) is 23.7 Å². The molecular weight excluding hydrogens is 234 g/mol. The molecule has 4 nitrogen and oxygen atoms in total. The van der Waals surface area contributed by atoms with E-state index in [1.165, 1.54) is 6.92 Å². The molecule has 0 radical (unpaired) electrons. The monoisotopic (exact) mass is 249 g/mol. The molecule has 0 fully saturated rings. The lowest BCUT2D eigenvalue weighted by Gasteiger charge is -2.19. The maximum Gasteiger partial charge on any atom is 0.193 e. The third-order valence-electron chi connectivity index (χ3n) is 2.28. The van der Waals surface area contributed by atoms with Crippen molar-refractivity contribution in [1.29, 1.82) is 0 Å². The van der Waals surface area contributed by atoms with Gasteiger partial charge in [0.15, 0.2) is 10.9 Å². The van der Waals surface area contributed by atoms with Crippen LogP contribution in [0.1, 0.15) is 13.8 Å². The van der Waals surface area contributed by atoms with Gasteiger partial charge in [-0.3, -0.25) is 10.2 Å². The second kappa shape index (κ2) is 6.10. The lowest BCUT2D eigenvalue weighted by molar-refractivity contribution is -0.111. The van der Waals surface area contributed by atoms with Crippen LogP contribution in [0.15, 0.2) is 35.4 Å². The van der Waals surface area contributed by atoms with Crippen molar-refractivity contribution in [2.45, 2.75) is 13.8 Å². The number of anilines is 1. The standard InChI is InChI=1S/C12H15N3OS/c1-9(10(2)16)13-14-12(17)15(3)11-7-5-4-6-8-11/h4-8H,1-3H3,(H,14,17). The number of nitrogens with zero attached hydrogens (tertiary/aromatic N) is 2. The zero-order valence-electron chi connectivity index (χ0n) is 10.1. The summed E-state index contributed by atoms with van der Waals surface area (Å²) in [5.74, 6) is -0.0809. The Labute approximate surface area is 106 Å². The second-order valence-electron chi connectivity index (χ2n) is 3.56. The van der Waals surface area contributed by atoms with Gasteiger partial charge in [0.05, 0.1) is 0 Å². The van der Waals surface area contributed by atoms with E-state index in [1.54, 1.807) is 11.8 Å². The number of thiocarbonyl (C=S) groups is 1. The Morgan fingerprint density at radius 2 is 1.88 bits per heavy atom. The summed E-state index contributed by atoms with van der Waals surface area (Å²) in [5, 5.41) is 4.35. The number of carbonyl (C=O) groups is 1. The minimum Gasteiger partial charge on any atom is -0.321 e. The van der Waals surface area contributed by atoms with Crippen LogP contribution in [0.5, 0.6) is 0 Å². The third-order valence-corrected chi connectivity index (χ3v) is 2.64. The van der Waals surface area contributed by atoms with E-state index in [0.717, 1.165) is 5.69 Å². The SMILES string of the molecule is CC(=O)C(C)=NNC(=S)N(C)c1ccccc1. The van der Waals surface area contributed by atoms with Gasteiger partial charge in [-0.05, 0) is 31.3 Å². The topological polar surface area (TPSA) is 44.7 Å². The Morgan fingerprint density at radius 3 is 2.41 bits per heavy atom. The summed E-state index contributed by atoms with van der Waals surface area (Å²) in [6.45, 7) is 3.10. The minimum atomic E-state index is -0.0809. The fraction of sp³-hybridized carbons (Fsp3) is 0.250. The Bertz CT molecular complexity index is 442. The number of para-hydroxylation sites is 1. The summed E-state index contributed by atoms with van der Waals surface area (Å²) in [7, 11) is 1.84. The predicted molar refractivity (Wildman–Crippen MR) is 74.4 cm³/mol. The number of benzene rings is 1. The van der Waals surface area contributed by atoms with Crippen LogP contribution in [0.4, 0.5) is 5.69 Å². The van der Waals surface area contributed by atoms with Crippen molar-refractivity contribution in [3.05, 3.63) is 30.3 Å². The first-order valence-electron chi connectivity index (χ1n) is 5.16. The first kappa shape index (κ1) is 13.3. The summed E-state index contributed by atoms with van der Waals surface area (Å²) in [6.07, 6.45) is 0. The lowest BCUT2D eigenvalue weighted by atomic mass is 10.3. The molecule has 0 unspecified atom stereocenters. The number of nitrogens with one attached hydrogen (secondary N) is 1. The predicted octanol–water partition coefficient (Wildman–Crippen LogP) is 1.96. The van der Waals surface area contributed by atoms with Gasteiger partial charge in [0.1, 0.15) is 5.71 Å². The summed E-state index contributed by atoms with van der Waals surface area (Å²) >= 11 is 5.16. The molecule has 1 N–H and O–H groups in total. The Hall–Kier alpha value is -1.75. The van der Waals surface area contributed by atoms with Gasteiger partial charge in [-0.2, -0.15) is 5.10 Å². The average molecular weight is 249 g/mol. The molecule has 0 aliphatic heterocycles. The Morgan fingerprint density at radius 1 is 1.29 bits per heavy atom. The number of carbonyl (C=O) groups excluding carboxylic acids is 1. The fourth-order valence-corrected chi connectivity index (χ4v) is 1.21. The van der Waals surface area contributed by atoms with Crippen molar-refractivity contribution in [1.82, 2.24) is 5.43 Å². The molecule has 0 aliphatic rings. The third kappa shape index (κ3) is 3.96. The van der Waals surface area contributed by atoms with E-state index in [2.05, 4.69) is 10.5 Å². The highest BCUT2D eigenvalue weighted by Gasteiger charge is 2.05. The normalized spacial score (nSPS) is 10.9. The molecular formula is C12H15N3OS. The number of Topliss-reactive ketones (excluding diaryl/α,β-unsaturated/α-hetero) is 1. The van der Waals surface area contributed by atoms with Gasteiger partial charge in [-0.15, -0.1) is 0 Å². The Kier molecular flexibility index (Phi) is 4.78. The zero-order chi connectivity index (χ0) is 12.8. The van der Waals surface area contributed by atoms with E-state index < -0.39 is 0 Å². The molecule has 0 saturated heterocycles. The van der Waals surface area contributed by atoms with Crippen LogP contribution >= 0.6 is 12.2 Å². The second-order valence-corrected chi connectivity index (χ2v) is 3.95. The van der Waals surface area contributed by atoms with Gasteiger partial charge >= 0.3 is 0 Å². The van der Waals surface area contributed by atoms with Crippen molar-refractivity contribution in [3.63, 3.8) is 0 Å². The van der Waals surface area contributed by atoms with Crippen molar-refractivity contribution in [2.24, 2.45) is 5.10 Å². The molecule has 0 spiro atoms. The highest BCUT2D eigenvalue weighted by molar-refractivity contribution is 7.80. The van der Waals surface area contributed by atoms with Gasteiger partial charge in [0.25, 0.3) is 0 Å². The summed E-state index contributed by atoms with van der Waals surface area (Å²) < 4.78 is 0. The largest absolute Gasteiger partial charge is 0.321 e. The van der Waals surface area contributed by atoms with Crippen LogP contribution < -0.4 is 10.3 Å². The van der Waals surface area contributed by atoms with E-state index >= 15 is 0 Å². The maximum atomic E-state index is 11.0. The molecule has 0 aromatic heterocycles. The van der Waals surface area contributed by atoms with Crippen molar-refractivity contribution in [3.8, 4) is 0 Å². The quantitative estimate of drug-likeness (QED) is 0.505. The fourth-order valence-electron chi connectivity index (χ4n) is 1.05. The van der Waals surface area contributed by atoms with Crippen LogP contribution in [0, 0.1) is 0 Å². The molecule has 0 aliphatic carbocycles. The molecule has 90 valence electrons. The van der Waals surface area contributed by atoms with E-state index in [-0.39, 0.29) is 5.78 Å². The summed E-state index contributed by atoms with van der Waals surface area (Å²) in [5.41, 5.74) is 4.04. The molecule has 17 heavy (non-hydrogen) atoms. The van der Waals surface area contributed by atoms with Gasteiger partial charge in [0, 0.05) is 19.7 Å². The van der Waals surface area contributed by atoms with E-state index in [1.807, 2.05) is 37.4 Å². The van der Waals surface area contributed by atoms with Crippen LogP contribution in [0.25, 0.3) is 0 Å². The van der Waals surface area contributed by atoms with Crippen molar-refractivity contribution >= 4 is 34.5 Å². The molecule has 5 heteroatoms. The lowest BCUT2D eigenvalue weighted by Crippen LogP contribution is -2.34. The molecule has 0 amide bonds. The highest BCUT2D eigenvalue weighted by Crippen LogP contribution is 2.10. The summed E-state index contributed by atoms with van der Waals surface area (Å²) in [6, 6.07) is 9.67. The van der Waals surface area contributed by atoms with Crippen LogP contribution in [0.3, 0.4) is 0 Å². The number of hydrazone groups is 1. The minimum absolute atomic E-state index is 0.0809. The zero-order valence-corrected chi connectivity index (χ0v) is 10.9. The van der Waals surface area contributed by atoms with Gasteiger partial charge in [-0.25, -0.2) is 0 Å². The van der Waals surface area contributed by atoms with Crippen molar-refractivity contribution in [2.75, 3.05) is 11.9 Å². The number of hydrogen-bond acceptors (Lipinski definition) is 3. The smallest absolute Gasteiger partial charge is 0.193 e. The molecule has 0 heterocycles. The van der Waals surface area contributed by atoms with E-state index in [0.29, 0.717) is 10.8 Å². The van der Waals surface area contributed by atoms with Crippen LogP contribution in [0.2, 0.25) is 0 Å². The van der Waals surface area contributed by atoms with E-state index in [4.69, 9.17) is 12.2 Å². The first-order chi connectivity index (χ1) is 8.02. The molecule has 1 aromatic carbocycles. The van der Waals surface area contributed by atoms with Gasteiger partial charge < -0.3 is 4.90 Å². The maximum absolute atomic E-state index is 11.0. The molecule has 1 rings (SSSR count). The number of hydrogen-bond donors (Lipinski definition) is 1. The molecule has 0 bridgehead atoms. The van der Waals surface area contributed by atoms with Gasteiger partial charge in [-0.1, -0.05) is 18.2 Å². The van der Waals surface area contributed by atoms with Crippen LogP contribution in [-0.2, 0) is 4.79 Å². The molecule has 1 aromatic rings. The first-order valence-corrected chi connectivity index (χ1v) is 5.57. The summed E-state index contributed by atoms with van der Waals surface area (Å²) in [4.78, 5) is 12.8. The highest BCUT2D eigenvalue weighted by atomic mass is 32.1. The number of ketones is 1. The average Bonchev–Trinajstić information content (AvgIpc) is 2.35. The van der Waals surface area contributed by atoms with Crippen molar-refractivity contribution < 1.29 is 4.79 Å². The van der Waals surface area contributed by atoms with Gasteiger partial charge in [0.2, 0.25) is 0 Å². The number of rotatable bonds is 3. The van der Waals surface area contributed by atoms with E-state index in [9.17, 15) is 4.79 Å².